The monoisotopic (exact) mass is 413 g/mol. The maximum absolute atomic E-state index is 9.00. The van der Waals surface area contributed by atoms with Crippen molar-refractivity contribution in [2.45, 2.75) is 25.4 Å². The van der Waals surface area contributed by atoms with Crippen molar-refractivity contribution in [1.29, 1.82) is 0 Å². The van der Waals surface area contributed by atoms with E-state index in [1.54, 1.807) is 22.7 Å². The third-order valence-electron chi connectivity index (χ3n) is 3.36. The van der Waals surface area contributed by atoms with Crippen molar-refractivity contribution in [3.05, 3.63) is 31.7 Å². The van der Waals surface area contributed by atoms with Gasteiger partial charge >= 0.3 is 0 Å². The van der Waals surface area contributed by atoms with Crippen LogP contribution < -0.4 is 11.1 Å². The van der Waals surface area contributed by atoms with Gasteiger partial charge in [-0.25, -0.2) is 0 Å². The van der Waals surface area contributed by atoms with Gasteiger partial charge in [0.2, 0.25) is 0 Å². The Bertz CT molecular complexity index is 777. The Morgan fingerprint density at radius 3 is 3.00 bits per heavy atom. The van der Waals surface area contributed by atoms with Gasteiger partial charge in [-0.15, -0.1) is 32.9 Å². The van der Waals surface area contributed by atoms with Crippen LogP contribution in [0.15, 0.2) is 22.0 Å². The van der Waals surface area contributed by atoms with Crippen LogP contribution >= 0.6 is 38.6 Å². The number of aromatic nitrogens is 3. The van der Waals surface area contributed by atoms with E-state index in [1.165, 1.54) is 4.88 Å². The summed E-state index contributed by atoms with van der Waals surface area (Å²) in [6, 6.07) is 4.03. The number of halogens is 1. The van der Waals surface area contributed by atoms with Gasteiger partial charge in [0.1, 0.15) is 10.2 Å². The zero-order valence-electron chi connectivity index (χ0n) is 12.2. The standard InChI is InChI=1S/C14H16BrN5OS2/c15-11-10(6-8(16)3-4-21)23-13-12(11)18-20-19-14(13)17-7-9-2-1-5-22-9/h1-2,5,8,21H,3-4,6-7,16H2,(H,17,18,19)/t8-/m0/s1. The van der Waals surface area contributed by atoms with E-state index in [2.05, 4.69) is 42.7 Å². The molecule has 0 unspecified atom stereocenters. The van der Waals surface area contributed by atoms with Crippen molar-refractivity contribution in [2.75, 3.05) is 11.9 Å². The third kappa shape index (κ3) is 3.86. The molecule has 3 aromatic heterocycles. The average Bonchev–Trinajstić information content (AvgIpc) is 3.15. The van der Waals surface area contributed by atoms with Crippen LogP contribution in [-0.2, 0) is 13.0 Å². The van der Waals surface area contributed by atoms with Crippen LogP contribution in [0, 0.1) is 0 Å². The molecule has 3 aromatic rings. The molecule has 0 spiro atoms. The molecule has 0 saturated carbocycles. The minimum absolute atomic E-state index is 0.0761. The molecule has 9 heteroatoms. The SMILES string of the molecule is N[C@@H](CCO)Cc1sc2c(NCc3cccs3)nnnc2c1Br. The highest BCUT2D eigenvalue weighted by Gasteiger charge is 2.17. The summed E-state index contributed by atoms with van der Waals surface area (Å²) in [4.78, 5) is 2.33. The van der Waals surface area contributed by atoms with E-state index < -0.39 is 0 Å². The third-order valence-corrected chi connectivity index (χ3v) is 6.56. The van der Waals surface area contributed by atoms with E-state index in [0.717, 1.165) is 25.4 Å². The Morgan fingerprint density at radius 2 is 2.26 bits per heavy atom. The molecule has 3 rings (SSSR count). The van der Waals surface area contributed by atoms with E-state index in [-0.39, 0.29) is 12.6 Å². The molecule has 0 aliphatic rings. The molecule has 0 aromatic carbocycles. The number of fused-ring (bicyclic) bond motifs is 1. The van der Waals surface area contributed by atoms with Crippen LogP contribution in [0.25, 0.3) is 10.2 Å². The Hall–Kier alpha value is -1.13. The molecule has 0 aliphatic carbocycles. The summed E-state index contributed by atoms with van der Waals surface area (Å²) in [6.07, 6.45) is 1.26. The van der Waals surface area contributed by atoms with Gasteiger partial charge in [-0.1, -0.05) is 6.07 Å². The number of aliphatic hydroxyl groups excluding tert-OH is 1. The number of aliphatic hydroxyl groups is 1. The quantitative estimate of drug-likeness (QED) is 0.550. The minimum Gasteiger partial charge on any atom is -0.396 e. The van der Waals surface area contributed by atoms with E-state index in [1.807, 2.05) is 11.4 Å². The van der Waals surface area contributed by atoms with E-state index >= 15 is 0 Å². The molecule has 4 N–H and O–H groups in total. The van der Waals surface area contributed by atoms with Crippen molar-refractivity contribution in [3.8, 4) is 0 Å². The summed E-state index contributed by atoms with van der Waals surface area (Å²) in [7, 11) is 0. The summed E-state index contributed by atoms with van der Waals surface area (Å²) >= 11 is 6.90. The Kier molecular flexibility index (Phi) is 5.54. The molecule has 1 atom stereocenters. The molecule has 0 saturated heterocycles. The van der Waals surface area contributed by atoms with E-state index in [0.29, 0.717) is 19.4 Å². The predicted molar refractivity (Wildman–Crippen MR) is 97.9 cm³/mol. The van der Waals surface area contributed by atoms with Crippen molar-refractivity contribution in [1.82, 2.24) is 15.4 Å². The van der Waals surface area contributed by atoms with E-state index in [9.17, 15) is 0 Å². The number of hydrogen-bond donors (Lipinski definition) is 3. The second-order valence-corrected chi connectivity index (χ2v) is 7.99. The molecular formula is C14H16BrN5OS2. The molecule has 0 aliphatic heterocycles. The van der Waals surface area contributed by atoms with Gasteiger partial charge in [0.05, 0.1) is 11.0 Å². The average molecular weight is 414 g/mol. The summed E-state index contributed by atoms with van der Waals surface area (Å²) in [5.41, 5.74) is 6.82. The first-order valence-corrected chi connectivity index (χ1v) is 9.61. The summed E-state index contributed by atoms with van der Waals surface area (Å²) in [5.74, 6) is 0.732. The molecule has 122 valence electrons. The largest absolute Gasteiger partial charge is 0.396 e. The lowest BCUT2D eigenvalue weighted by Gasteiger charge is -2.07. The van der Waals surface area contributed by atoms with Crippen LogP contribution in [0.4, 0.5) is 5.82 Å². The first-order valence-electron chi connectivity index (χ1n) is 7.12. The lowest BCUT2D eigenvalue weighted by Crippen LogP contribution is -2.23. The zero-order valence-corrected chi connectivity index (χ0v) is 15.4. The van der Waals surface area contributed by atoms with Gasteiger partial charge in [-0.05, 0) is 45.4 Å². The number of nitrogens with zero attached hydrogens (tertiary/aromatic N) is 3. The second-order valence-electron chi connectivity index (χ2n) is 5.06. The number of anilines is 1. The molecule has 23 heavy (non-hydrogen) atoms. The highest BCUT2D eigenvalue weighted by atomic mass is 79.9. The fourth-order valence-electron chi connectivity index (χ4n) is 2.19. The number of rotatable bonds is 7. The van der Waals surface area contributed by atoms with Gasteiger partial charge in [-0.2, -0.15) is 0 Å². The Labute approximate surface area is 149 Å². The zero-order chi connectivity index (χ0) is 16.2. The molecule has 3 heterocycles. The summed E-state index contributed by atoms with van der Waals surface area (Å²) in [6.45, 7) is 0.805. The summed E-state index contributed by atoms with van der Waals surface area (Å²) < 4.78 is 1.88. The lowest BCUT2D eigenvalue weighted by atomic mass is 10.1. The van der Waals surface area contributed by atoms with Crippen LogP contribution in [0.3, 0.4) is 0 Å². The molecule has 0 amide bonds. The van der Waals surface area contributed by atoms with Gasteiger partial charge < -0.3 is 16.2 Å². The molecule has 0 bridgehead atoms. The highest BCUT2D eigenvalue weighted by molar-refractivity contribution is 9.10. The van der Waals surface area contributed by atoms with Crippen molar-refractivity contribution in [2.24, 2.45) is 5.73 Å². The number of thiophene rings is 2. The smallest absolute Gasteiger partial charge is 0.170 e. The van der Waals surface area contributed by atoms with Gasteiger partial charge in [0.25, 0.3) is 0 Å². The highest BCUT2D eigenvalue weighted by Crippen LogP contribution is 2.37. The Morgan fingerprint density at radius 1 is 1.39 bits per heavy atom. The first kappa shape index (κ1) is 16.7. The summed E-state index contributed by atoms with van der Waals surface area (Å²) in [5, 5.41) is 26.5. The number of nitrogens with one attached hydrogen (secondary N) is 1. The van der Waals surface area contributed by atoms with Crippen molar-refractivity contribution in [3.63, 3.8) is 0 Å². The number of nitrogens with two attached hydrogens (primary N) is 1. The predicted octanol–water partition coefficient (Wildman–Crippen LogP) is 2.77. The van der Waals surface area contributed by atoms with E-state index in [4.69, 9.17) is 10.8 Å². The van der Waals surface area contributed by atoms with Crippen LogP contribution in [0.5, 0.6) is 0 Å². The normalized spacial score (nSPS) is 12.7. The lowest BCUT2D eigenvalue weighted by molar-refractivity contribution is 0.275. The van der Waals surface area contributed by atoms with Crippen molar-refractivity contribution >= 4 is 54.6 Å². The van der Waals surface area contributed by atoms with Gasteiger partial charge in [-0.3, -0.25) is 0 Å². The Balaban J connectivity index is 1.85. The second kappa shape index (κ2) is 7.63. The fraction of sp³-hybridized carbons (Fsp3) is 0.357. The van der Waals surface area contributed by atoms with Gasteiger partial charge in [0, 0.05) is 22.4 Å². The van der Waals surface area contributed by atoms with Crippen LogP contribution in [-0.4, -0.2) is 33.2 Å². The fourth-order valence-corrected chi connectivity index (χ4v) is 4.83. The van der Waals surface area contributed by atoms with Crippen LogP contribution in [0.2, 0.25) is 0 Å². The van der Waals surface area contributed by atoms with Crippen molar-refractivity contribution < 1.29 is 5.11 Å². The molecule has 6 nitrogen and oxygen atoms in total. The molecular weight excluding hydrogens is 398 g/mol. The molecule has 0 fully saturated rings. The van der Waals surface area contributed by atoms with Gasteiger partial charge in [0.15, 0.2) is 5.82 Å². The topological polar surface area (TPSA) is 97.0 Å². The molecule has 0 radical (unpaired) electrons. The minimum atomic E-state index is -0.0761. The maximum Gasteiger partial charge on any atom is 0.170 e. The number of hydrogen-bond acceptors (Lipinski definition) is 8. The first-order chi connectivity index (χ1) is 11.2. The maximum atomic E-state index is 9.00. The van der Waals surface area contributed by atoms with Crippen LogP contribution in [0.1, 0.15) is 16.2 Å².